The van der Waals surface area contributed by atoms with Crippen molar-refractivity contribution in [3.63, 3.8) is 0 Å². The largest absolute Gasteiger partial charge is 0.481 e. The van der Waals surface area contributed by atoms with E-state index in [2.05, 4.69) is 10.6 Å². The van der Waals surface area contributed by atoms with Crippen LogP contribution in [0.1, 0.15) is 5.56 Å². The zero-order valence-corrected chi connectivity index (χ0v) is 12.7. The predicted molar refractivity (Wildman–Crippen MR) is 85.3 cm³/mol. The maximum atomic E-state index is 11.9. The van der Waals surface area contributed by atoms with Gasteiger partial charge in [-0.3, -0.25) is 9.59 Å². The van der Waals surface area contributed by atoms with E-state index < -0.39 is 24.9 Å². The van der Waals surface area contributed by atoms with Crippen LogP contribution in [0.4, 0.5) is 0 Å². The van der Waals surface area contributed by atoms with Crippen molar-refractivity contribution >= 4 is 19.0 Å². The molecule has 0 spiro atoms. The fraction of sp³-hybridized carbons (Fsp3) is 0.429. The second-order valence-electron chi connectivity index (χ2n) is 5.18. The molecule has 23 heavy (non-hydrogen) atoms. The number of nitrogens with one attached hydrogen (secondary N) is 2. The maximum absolute atomic E-state index is 11.9. The third-order valence-corrected chi connectivity index (χ3v) is 3.30. The van der Waals surface area contributed by atoms with Gasteiger partial charge in [0.25, 0.3) is 0 Å². The standard InChI is InChI=1S/C14H22BN3O5/c16-7-11(14(20)21)8-17-9-12(15(22)23)18-13(19)6-10-4-2-1-3-5-10/h1-5,11-12,17,22-23H,6-9,16H2,(H,18,19)(H,20,21)/t11?,12-/m1/s1. The summed E-state index contributed by atoms with van der Waals surface area (Å²) in [5.41, 5.74) is 6.13. The highest BCUT2D eigenvalue weighted by Gasteiger charge is 2.25. The fourth-order valence-electron chi connectivity index (χ4n) is 1.95. The summed E-state index contributed by atoms with van der Waals surface area (Å²) in [7, 11) is -1.76. The van der Waals surface area contributed by atoms with Gasteiger partial charge in [-0.05, 0) is 5.56 Å². The highest BCUT2D eigenvalue weighted by atomic mass is 16.4. The molecule has 0 aromatic heterocycles. The molecule has 0 aliphatic rings. The van der Waals surface area contributed by atoms with Crippen LogP contribution in [-0.2, 0) is 16.0 Å². The molecular weight excluding hydrogens is 301 g/mol. The van der Waals surface area contributed by atoms with E-state index in [0.29, 0.717) is 0 Å². The van der Waals surface area contributed by atoms with Crippen LogP contribution in [0.3, 0.4) is 0 Å². The third kappa shape index (κ3) is 7.24. The van der Waals surface area contributed by atoms with Crippen molar-refractivity contribution in [2.75, 3.05) is 19.6 Å². The van der Waals surface area contributed by atoms with E-state index in [0.717, 1.165) is 5.56 Å². The molecule has 0 bridgehead atoms. The van der Waals surface area contributed by atoms with Crippen LogP contribution in [0.5, 0.6) is 0 Å². The summed E-state index contributed by atoms with van der Waals surface area (Å²) < 4.78 is 0. The molecule has 0 heterocycles. The molecule has 0 radical (unpaired) electrons. The summed E-state index contributed by atoms with van der Waals surface area (Å²) in [6.45, 7) is 0.0562. The summed E-state index contributed by atoms with van der Waals surface area (Å²) >= 11 is 0. The lowest BCUT2D eigenvalue weighted by atomic mass is 9.79. The molecule has 8 nitrogen and oxygen atoms in total. The van der Waals surface area contributed by atoms with Gasteiger partial charge in [0.1, 0.15) is 0 Å². The summed E-state index contributed by atoms with van der Waals surface area (Å²) in [5, 5.41) is 32.8. The van der Waals surface area contributed by atoms with Crippen LogP contribution in [-0.4, -0.2) is 59.7 Å². The summed E-state index contributed by atoms with van der Waals surface area (Å²) in [6, 6.07) is 9.03. The predicted octanol–water partition coefficient (Wildman–Crippen LogP) is -2.02. The van der Waals surface area contributed by atoms with E-state index >= 15 is 0 Å². The number of carbonyl (C=O) groups is 2. The first-order valence-electron chi connectivity index (χ1n) is 7.27. The number of carboxylic acid groups (broad SMARTS) is 1. The molecule has 0 fully saturated rings. The van der Waals surface area contributed by atoms with Crippen molar-refractivity contribution in [2.45, 2.75) is 12.4 Å². The lowest BCUT2D eigenvalue weighted by molar-refractivity contribution is -0.141. The topological polar surface area (TPSA) is 145 Å². The first-order chi connectivity index (χ1) is 10.9. The van der Waals surface area contributed by atoms with Gasteiger partial charge in [0, 0.05) is 19.6 Å². The van der Waals surface area contributed by atoms with Crippen LogP contribution in [0, 0.1) is 5.92 Å². The lowest BCUT2D eigenvalue weighted by Crippen LogP contribution is -2.53. The molecule has 1 amide bonds. The van der Waals surface area contributed by atoms with Gasteiger partial charge >= 0.3 is 13.1 Å². The monoisotopic (exact) mass is 323 g/mol. The van der Waals surface area contributed by atoms with E-state index in [-0.39, 0.29) is 32.0 Å². The molecule has 126 valence electrons. The Morgan fingerprint density at radius 1 is 1.17 bits per heavy atom. The SMILES string of the molecule is NCC(CNC[C@@H](NC(=O)Cc1ccccc1)B(O)O)C(=O)O. The van der Waals surface area contributed by atoms with E-state index in [9.17, 15) is 19.6 Å². The molecule has 2 atom stereocenters. The number of benzene rings is 1. The molecular formula is C14H22BN3O5. The number of carboxylic acids is 1. The Kier molecular flexibility index (Phi) is 8.27. The number of carbonyl (C=O) groups excluding carboxylic acids is 1. The van der Waals surface area contributed by atoms with E-state index in [4.69, 9.17) is 10.8 Å². The molecule has 0 saturated carbocycles. The molecule has 0 aliphatic heterocycles. The van der Waals surface area contributed by atoms with Gasteiger partial charge in [0.2, 0.25) is 5.91 Å². The number of hydrogen-bond acceptors (Lipinski definition) is 6. The Bertz CT molecular complexity index is 500. The highest BCUT2D eigenvalue weighted by molar-refractivity contribution is 6.43. The minimum absolute atomic E-state index is 0.0158. The Balaban J connectivity index is 2.45. The number of amides is 1. The minimum atomic E-state index is -1.76. The normalized spacial score (nSPS) is 13.2. The summed E-state index contributed by atoms with van der Waals surface area (Å²) in [6.07, 6.45) is 0.116. The van der Waals surface area contributed by atoms with Crippen molar-refractivity contribution in [2.24, 2.45) is 11.7 Å². The molecule has 1 aromatic carbocycles. The quantitative estimate of drug-likeness (QED) is 0.272. The van der Waals surface area contributed by atoms with Crippen molar-refractivity contribution in [1.82, 2.24) is 10.6 Å². The van der Waals surface area contributed by atoms with Gasteiger partial charge in [-0.25, -0.2) is 0 Å². The third-order valence-electron chi connectivity index (χ3n) is 3.30. The molecule has 0 aliphatic carbocycles. The minimum Gasteiger partial charge on any atom is -0.481 e. The number of rotatable bonds is 10. The van der Waals surface area contributed by atoms with Crippen molar-refractivity contribution in [1.29, 1.82) is 0 Å². The molecule has 9 heteroatoms. The van der Waals surface area contributed by atoms with Gasteiger partial charge in [-0.15, -0.1) is 0 Å². The van der Waals surface area contributed by atoms with Gasteiger partial charge in [0.05, 0.1) is 18.3 Å². The lowest BCUT2D eigenvalue weighted by Gasteiger charge is -2.19. The van der Waals surface area contributed by atoms with Crippen molar-refractivity contribution < 1.29 is 24.7 Å². The number of hydrogen-bond donors (Lipinski definition) is 6. The van der Waals surface area contributed by atoms with Crippen LogP contribution in [0.2, 0.25) is 0 Å². The Hall–Kier alpha value is -1.94. The zero-order chi connectivity index (χ0) is 17.2. The Labute approximate surface area is 134 Å². The Morgan fingerprint density at radius 3 is 2.35 bits per heavy atom. The van der Waals surface area contributed by atoms with Crippen LogP contribution in [0.15, 0.2) is 30.3 Å². The molecule has 0 saturated heterocycles. The van der Waals surface area contributed by atoms with Gasteiger partial charge in [0.15, 0.2) is 0 Å². The van der Waals surface area contributed by atoms with Crippen LogP contribution < -0.4 is 16.4 Å². The van der Waals surface area contributed by atoms with Crippen LogP contribution >= 0.6 is 0 Å². The summed E-state index contributed by atoms with van der Waals surface area (Å²) in [4.78, 5) is 22.7. The molecule has 1 rings (SSSR count). The Morgan fingerprint density at radius 2 is 1.83 bits per heavy atom. The summed E-state index contributed by atoms with van der Waals surface area (Å²) in [5.74, 6) is -3.11. The van der Waals surface area contributed by atoms with Crippen LogP contribution in [0.25, 0.3) is 0 Å². The first kappa shape index (κ1) is 19.1. The number of nitrogens with two attached hydrogens (primary N) is 1. The van der Waals surface area contributed by atoms with Gasteiger partial charge in [-0.2, -0.15) is 0 Å². The average molecular weight is 323 g/mol. The van der Waals surface area contributed by atoms with Gasteiger partial charge < -0.3 is 31.5 Å². The van der Waals surface area contributed by atoms with Crippen molar-refractivity contribution in [3.05, 3.63) is 35.9 Å². The van der Waals surface area contributed by atoms with Gasteiger partial charge in [-0.1, -0.05) is 30.3 Å². The fourth-order valence-corrected chi connectivity index (χ4v) is 1.95. The van der Waals surface area contributed by atoms with Crippen molar-refractivity contribution in [3.8, 4) is 0 Å². The maximum Gasteiger partial charge on any atom is 0.476 e. The number of aliphatic carboxylic acids is 1. The zero-order valence-electron chi connectivity index (χ0n) is 12.7. The second-order valence-corrected chi connectivity index (χ2v) is 5.18. The highest BCUT2D eigenvalue weighted by Crippen LogP contribution is 2.00. The molecule has 1 aromatic rings. The smallest absolute Gasteiger partial charge is 0.476 e. The van der Waals surface area contributed by atoms with E-state index in [1.165, 1.54) is 0 Å². The van der Waals surface area contributed by atoms with E-state index in [1.807, 2.05) is 6.07 Å². The molecule has 1 unspecified atom stereocenters. The molecule has 7 N–H and O–H groups in total. The average Bonchev–Trinajstić information content (AvgIpc) is 2.50. The van der Waals surface area contributed by atoms with E-state index in [1.54, 1.807) is 24.3 Å². The second kappa shape index (κ2) is 9.96. The first-order valence-corrected chi connectivity index (χ1v) is 7.27.